The second kappa shape index (κ2) is 8.06. The van der Waals surface area contributed by atoms with Crippen molar-refractivity contribution in [2.75, 3.05) is 16.8 Å². The average Bonchev–Trinajstić information content (AvgIpc) is 2.76. The van der Waals surface area contributed by atoms with Crippen molar-refractivity contribution in [3.05, 3.63) is 46.4 Å². The third-order valence-electron chi connectivity index (χ3n) is 3.69. The van der Waals surface area contributed by atoms with Crippen LogP contribution in [0.1, 0.15) is 25.5 Å². The highest BCUT2D eigenvalue weighted by Crippen LogP contribution is 2.14. The number of thioether (sulfide) groups is 1. The van der Waals surface area contributed by atoms with E-state index in [0.717, 1.165) is 30.0 Å². The van der Waals surface area contributed by atoms with Crippen LogP contribution in [0.15, 0.2) is 35.1 Å². The van der Waals surface area contributed by atoms with Crippen molar-refractivity contribution in [2.45, 2.75) is 26.7 Å². The van der Waals surface area contributed by atoms with Crippen LogP contribution in [-0.4, -0.2) is 26.8 Å². The van der Waals surface area contributed by atoms with Crippen LogP contribution in [0.5, 0.6) is 0 Å². The molecule has 1 amide bonds. The smallest absolute Gasteiger partial charge is 0.295 e. The molecule has 1 heterocycles. The summed E-state index contributed by atoms with van der Waals surface area (Å²) in [7, 11) is 1.81. The van der Waals surface area contributed by atoms with Gasteiger partial charge >= 0.3 is 0 Å². The molecule has 0 spiro atoms. The average molecular weight is 333 g/mol. The normalized spacial score (nSPS) is 10.7. The number of benzene rings is 1. The molecule has 0 aliphatic carbocycles. The fraction of sp³-hybridized carbons (Fsp3) is 0.412. The van der Waals surface area contributed by atoms with Gasteiger partial charge in [0.05, 0.1) is 17.1 Å². The molecule has 0 atom stereocenters. The standard InChI is InChI=1S/C17H23N3O2S/c1-4-5-11-23-12-15(21)18-16-13(2)19(3)20(17(16)22)14-9-7-6-8-10-14/h6-10H,4-5,11-12H2,1-3H3,(H,18,21). The summed E-state index contributed by atoms with van der Waals surface area (Å²) in [4.78, 5) is 24.7. The first-order chi connectivity index (χ1) is 11.1. The van der Waals surface area contributed by atoms with Crippen molar-refractivity contribution < 1.29 is 4.79 Å². The second-order valence-corrected chi connectivity index (χ2v) is 6.50. The summed E-state index contributed by atoms with van der Waals surface area (Å²) < 4.78 is 3.33. The number of carbonyl (C=O) groups excluding carboxylic acids is 1. The quantitative estimate of drug-likeness (QED) is 0.793. The molecule has 2 aromatic rings. The van der Waals surface area contributed by atoms with Gasteiger partial charge in [-0.25, -0.2) is 4.68 Å². The summed E-state index contributed by atoms with van der Waals surface area (Å²) >= 11 is 1.60. The minimum Gasteiger partial charge on any atom is -0.319 e. The molecule has 0 radical (unpaired) electrons. The number of nitrogens with zero attached hydrogens (tertiary/aromatic N) is 2. The van der Waals surface area contributed by atoms with Crippen LogP contribution in [0.25, 0.3) is 5.69 Å². The molecule has 1 aromatic heterocycles. The number of hydrogen-bond acceptors (Lipinski definition) is 3. The van der Waals surface area contributed by atoms with E-state index in [1.807, 2.05) is 44.3 Å². The van der Waals surface area contributed by atoms with Crippen molar-refractivity contribution in [3.8, 4) is 5.69 Å². The van der Waals surface area contributed by atoms with Gasteiger partial charge in [-0.05, 0) is 31.2 Å². The van der Waals surface area contributed by atoms with Gasteiger partial charge in [-0.2, -0.15) is 11.8 Å². The van der Waals surface area contributed by atoms with Gasteiger partial charge < -0.3 is 5.32 Å². The summed E-state index contributed by atoms with van der Waals surface area (Å²) in [6.45, 7) is 3.96. The molecule has 23 heavy (non-hydrogen) atoms. The first kappa shape index (κ1) is 17.4. The largest absolute Gasteiger partial charge is 0.319 e. The monoisotopic (exact) mass is 333 g/mol. The Bertz CT molecular complexity index is 719. The van der Waals surface area contributed by atoms with Gasteiger partial charge in [0.25, 0.3) is 5.56 Å². The summed E-state index contributed by atoms with van der Waals surface area (Å²) in [5.41, 5.74) is 1.67. The zero-order valence-corrected chi connectivity index (χ0v) is 14.7. The van der Waals surface area contributed by atoms with Gasteiger partial charge in [0.2, 0.25) is 5.91 Å². The van der Waals surface area contributed by atoms with Gasteiger partial charge in [-0.3, -0.25) is 14.3 Å². The van der Waals surface area contributed by atoms with Gasteiger partial charge in [0.15, 0.2) is 0 Å². The Morgan fingerprint density at radius 1 is 1.26 bits per heavy atom. The molecule has 6 heteroatoms. The summed E-state index contributed by atoms with van der Waals surface area (Å²) in [6, 6.07) is 9.40. The van der Waals surface area contributed by atoms with E-state index in [1.165, 1.54) is 0 Å². The van der Waals surface area contributed by atoms with Crippen LogP contribution in [0.2, 0.25) is 0 Å². The molecular formula is C17H23N3O2S. The van der Waals surface area contributed by atoms with E-state index < -0.39 is 0 Å². The zero-order valence-electron chi connectivity index (χ0n) is 13.8. The van der Waals surface area contributed by atoms with Crippen LogP contribution >= 0.6 is 11.8 Å². The Hall–Kier alpha value is -1.95. The second-order valence-electron chi connectivity index (χ2n) is 5.39. The molecule has 0 saturated heterocycles. The summed E-state index contributed by atoms with van der Waals surface area (Å²) in [5, 5.41) is 2.77. The number of rotatable bonds is 7. The van der Waals surface area contributed by atoms with Crippen molar-refractivity contribution in [1.29, 1.82) is 0 Å². The molecular weight excluding hydrogens is 310 g/mol. The van der Waals surface area contributed by atoms with E-state index >= 15 is 0 Å². The van der Waals surface area contributed by atoms with Crippen molar-refractivity contribution in [3.63, 3.8) is 0 Å². The predicted octanol–water partition coefficient (Wildman–Crippen LogP) is 2.96. The number of aromatic nitrogens is 2. The molecule has 0 unspecified atom stereocenters. The fourth-order valence-corrected chi connectivity index (χ4v) is 3.19. The highest BCUT2D eigenvalue weighted by Gasteiger charge is 2.17. The fourth-order valence-electron chi connectivity index (χ4n) is 2.30. The summed E-state index contributed by atoms with van der Waals surface area (Å²) in [6.07, 6.45) is 2.22. The lowest BCUT2D eigenvalue weighted by atomic mass is 10.3. The molecule has 0 aliphatic heterocycles. The van der Waals surface area contributed by atoms with Gasteiger partial charge in [-0.1, -0.05) is 31.5 Å². The zero-order chi connectivity index (χ0) is 16.8. The number of unbranched alkanes of at least 4 members (excludes halogenated alkanes) is 1. The molecule has 1 N–H and O–H groups in total. The highest BCUT2D eigenvalue weighted by molar-refractivity contribution is 7.99. The highest BCUT2D eigenvalue weighted by atomic mass is 32.2. The van der Waals surface area contributed by atoms with Gasteiger partial charge in [0, 0.05) is 7.05 Å². The molecule has 0 saturated carbocycles. The molecule has 5 nitrogen and oxygen atoms in total. The number of amides is 1. The Labute approximate surface area is 140 Å². The molecule has 1 aromatic carbocycles. The van der Waals surface area contributed by atoms with Crippen LogP contribution in [0.3, 0.4) is 0 Å². The minimum absolute atomic E-state index is 0.128. The number of hydrogen-bond donors (Lipinski definition) is 1. The number of anilines is 1. The lowest BCUT2D eigenvalue weighted by Crippen LogP contribution is -2.23. The Balaban J connectivity index is 2.18. The Morgan fingerprint density at radius 2 is 1.96 bits per heavy atom. The number of para-hydroxylation sites is 1. The van der Waals surface area contributed by atoms with Gasteiger partial charge in [-0.15, -0.1) is 0 Å². The van der Waals surface area contributed by atoms with Crippen molar-refractivity contribution >= 4 is 23.4 Å². The van der Waals surface area contributed by atoms with E-state index in [-0.39, 0.29) is 11.5 Å². The van der Waals surface area contributed by atoms with Crippen LogP contribution in [0, 0.1) is 6.92 Å². The van der Waals surface area contributed by atoms with E-state index in [4.69, 9.17) is 0 Å². The third kappa shape index (κ3) is 4.07. The topological polar surface area (TPSA) is 56.0 Å². The van der Waals surface area contributed by atoms with Gasteiger partial charge in [0.1, 0.15) is 5.69 Å². The molecule has 2 rings (SSSR count). The lowest BCUT2D eigenvalue weighted by Gasteiger charge is -2.07. The molecule has 0 fully saturated rings. The van der Waals surface area contributed by atoms with Crippen LogP contribution in [-0.2, 0) is 11.8 Å². The maximum Gasteiger partial charge on any atom is 0.295 e. The molecule has 124 valence electrons. The van der Waals surface area contributed by atoms with E-state index in [9.17, 15) is 9.59 Å². The Kier molecular flexibility index (Phi) is 6.10. The van der Waals surface area contributed by atoms with Crippen molar-refractivity contribution in [2.24, 2.45) is 7.05 Å². The maximum absolute atomic E-state index is 12.6. The molecule has 0 bridgehead atoms. The van der Waals surface area contributed by atoms with E-state index in [1.54, 1.807) is 21.1 Å². The predicted molar refractivity (Wildman–Crippen MR) is 96.6 cm³/mol. The SMILES string of the molecule is CCCCSCC(=O)Nc1c(C)n(C)n(-c2ccccc2)c1=O. The number of nitrogens with one attached hydrogen (secondary N) is 1. The summed E-state index contributed by atoms with van der Waals surface area (Å²) in [5.74, 6) is 1.21. The van der Waals surface area contributed by atoms with E-state index in [2.05, 4.69) is 12.2 Å². The minimum atomic E-state index is -0.205. The van der Waals surface area contributed by atoms with E-state index in [0.29, 0.717) is 11.4 Å². The first-order valence-electron chi connectivity index (χ1n) is 7.77. The lowest BCUT2D eigenvalue weighted by molar-refractivity contribution is -0.113. The number of carbonyl (C=O) groups is 1. The van der Waals surface area contributed by atoms with Crippen LogP contribution < -0.4 is 10.9 Å². The Morgan fingerprint density at radius 3 is 2.61 bits per heavy atom. The van der Waals surface area contributed by atoms with Crippen molar-refractivity contribution in [1.82, 2.24) is 9.36 Å². The third-order valence-corrected chi connectivity index (χ3v) is 4.74. The first-order valence-corrected chi connectivity index (χ1v) is 8.93. The molecule has 0 aliphatic rings. The maximum atomic E-state index is 12.6. The van der Waals surface area contributed by atoms with Crippen LogP contribution in [0.4, 0.5) is 5.69 Å².